The molecule has 0 unspecified atom stereocenters. The summed E-state index contributed by atoms with van der Waals surface area (Å²) in [4.78, 5) is 24.0. The van der Waals surface area contributed by atoms with Crippen LogP contribution >= 0.6 is 39.1 Å². The molecular formula is C15H11BrCl2N2O3. The monoisotopic (exact) mass is 416 g/mol. The first-order valence-corrected chi connectivity index (χ1v) is 7.86. The van der Waals surface area contributed by atoms with Gasteiger partial charge in [0, 0.05) is 10.6 Å². The average molecular weight is 418 g/mol. The number of hydrazine groups is 1. The number of amides is 2. The lowest BCUT2D eigenvalue weighted by Crippen LogP contribution is -2.41. The van der Waals surface area contributed by atoms with Crippen LogP contribution in [0.2, 0.25) is 10.0 Å². The average Bonchev–Trinajstić information content (AvgIpc) is 2.52. The molecule has 0 saturated heterocycles. The molecule has 2 rings (SSSR count). The Hall–Kier alpha value is -1.76. The lowest BCUT2D eigenvalue weighted by atomic mass is 10.2. The molecule has 23 heavy (non-hydrogen) atoms. The molecule has 0 aliphatic carbocycles. The summed E-state index contributed by atoms with van der Waals surface area (Å²) in [6.45, 7) is 0. The van der Waals surface area contributed by atoms with E-state index in [2.05, 4.69) is 26.8 Å². The van der Waals surface area contributed by atoms with Crippen LogP contribution in [0.5, 0.6) is 5.75 Å². The van der Waals surface area contributed by atoms with Crippen LogP contribution in [0.25, 0.3) is 0 Å². The van der Waals surface area contributed by atoms with Gasteiger partial charge in [-0.05, 0) is 52.3 Å². The Balaban J connectivity index is 2.04. The maximum atomic E-state index is 12.0. The van der Waals surface area contributed by atoms with Crippen LogP contribution < -0.4 is 15.6 Å². The Kier molecular flexibility index (Phi) is 5.87. The van der Waals surface area contributed by atoms with E-state index in [0.717, 1.165) is 0 Å². The van der Waals surface area contributed by atoms with E-state index in [-0.39, 0.29) is 10.6 Å². The minimum absolute atomic E-state index is 0.191. The summed E-state index contributed by atoms with van der Waals surface area (Å²) in [5, 5.41) is 0.607. The van der Waals surface area contributed by atoms with Crippen molar-refractivity contribution in [3.63, 3.8) is 0 Å². The van der Waals surface area contributed by atoms with E-state index in [1.54, 1.807) is 18.2 Å². The highest BCUT2D eigenvalue weighted by Gasteiger charge is 2.13. The number of halogens is 3. The standard InChI is InChI=1S/C15H11BrCl2N2O3/c1-23-13-5-2-8(6-11(13)16)14(21)19-20-15(22)10-4-3-9(17)7-12(10)18/h2-7H,1H3,(H,19,21)(H,20,22). The summed E-state index contributed by atoms with van der Waals surface area (Å²) < 4.78 is 5.71. The number of methoxy groups -OCH3 is 1. The number of hydrogen-bond donors (Lipinski definition) is 2. The molecule has 0 aliphatic heterocycles. The second-order valence-electron chi connectivity index (χ2n) is 4.38. The van der Waals surface area contributed by atoms with E-state index in [4.69, 9.17) is 27.9 Å². The Bertz CT molecular complexity index is 768. The van der Waals surface area contributed by atoms with Crippen molar-refractivity contribution in [3.05, 3.63) is 62.0 Å². The van der Waals surface area contributed by atoms with E-state index < -0.39 is 11.8 Å². The predicted molar refractivity (Wildman–Crippen MR) is 92.1 cm³/mol. The molecule has 0 fully saturated rings. The number of carbonyl (C=O) groups excluding carboxylic acids is 2. The first kappa shape index (κ1) is 17.6. The second-order valence-corrected chi connectivity index (χ2v) is 6.08. The molecule has 0 radical (unpaired) electrons. The van der Waals surface area contributed by atoms with Crippen LogP contribution in [-0.4, -0.2) is 18.9 Å². The highest BCUT2D eigenvalue weighted by molar-refractivity contribution is 9.10. The van der Waals surface area contributed by atoms with Crippen molar-refractivity contribution in [2.24, 2.45) is 0 Å². The van der Waals surface area contributed by atoms with Gasteiger partial charge in [0.05, 0.1) is 22.2 Å². The quantitative estimate of drug-likeness (QED) is 0.745. The maximum Gasteiger partial charge on any atom is 0.271 e. The van der Waals surface area contributed by atoms with Gasteiger partial charge in [-0.3, -0.25) is 20.4 Å². The van der Waals surface area contributed by atoms with Crippen molar-refractivity contribution in [1.29, 1.82) is 0 Å². The molecule has 0 atom stereocenters. The van der Waals surface area contributed by atoms with Gasteiger partial charge in [0.25, 0.3) is 11.8 Å². The molecule has 0 spiro atoms. The van der Waals surface area contributed by atoms with Gasteiger partial charge in [0.15, 0.2) is 0 Å². The normalized spacial score (nSPS) is 10.1. The van der Waals surface area contributed by atoms with E-state index in [1.807, 2.05) is 0 Å². The highest BCUT2D eigenvalue weighted by atomic mass is 79.9. The molecule has 0 saturated carbocycles. The number of ether oxygens (including phenoxy) is 1. The maximum absolute atomic E-state index is 12.0. The van der Waals surface area contributed by atoms with Crippen LogP contribution in [0.3, 0.4) is 0 Å². The fourth-order valence-corrected chi connectivity index (χ4v) is 2.77. The van der Waals surface area contributed by atoms with Gasteiger partial charge in [-0.25, -0.2) is 0 Å². The summed E-state index contributed by atoms with van der Waals surface area (Å²) in [6.07, 6.45) is 0. The van der Waals surface area contributed by atoms with Crippen molar-refractivity contribution < 1.29 is 14.3 Å². The van der Waals surface area contributed by atoms with Gasteiger partial charge in [-0.2, -0.15) is 0 Å². The zero-order chi connectivity index (χ0) is 17.0. The SMILES string of the molecule is COc1ccc(C(=O)NNC(=O)c2ccc(Cl)cc2Cl)cc1Br. The van der Waals surface area contributed by atoms with Crippen molar-refractivity contribution in [3.8, 4) is 5.75 Å². The third-order valence-corrected chi connectivity index (χ3v) is 4.05. The summed E-state index contributed by atoms with van der Waals surface area (Å²) in [5.41, 5.74) is 5.15. The third kappa shape index (κ3) is 4.37. The van der Waals surface area contributed by atoms with Gasteiger partial charge >= 0.3 is 0 Å². The van der Waals surface area contributed by atoms with Crippen molar-refractivity contribution in [2.45, 2.75) is 0 Å². The molecule has 5 nitrogen and oxygen atoms in total. The van der Waals surface area contributed by atoms with Crippen LogP contribution in [0.15, 0.2) is 40.9 Å². The van der Waals surface area contributed by atoms with E-state index >= 15 is 0 Å². The van der Waals surface area contributed by atoms with Crippen LogP contribution in [0, 0.1) is 0 Å². The molecule has 120 valence electrons. The molecule has 2 aromatic rings. The Morgan fingerprint density at radius 2 is 1.74 bits per heavy atom. The van der Waals surface area contributed by atoms with Crippen molar-refractivity contribution >= 4 is 50.9 Å². The van der Waals surface area contributed by atoms with Crippen molar-refractivity contribution in [1.82, 2.24) is 10.9 Å². The molecular weight excluding hydrogens is 407 g/mol. The second kappa shape index (κ2) is 7.68. The topological polar surface area (TPSA) is 67.4 Å². The van der Waals surface area contributed by atoms with Crippen LogP contribution in [-0.2, 0) is 0 Å². The Labute approximate surface area is 151 Å². The minimum atomic E-state index is -0.549. The molecule has 8 heteroatoms. The van der Waals surface area contributed by atoms with Crippen LogP contribution in [0.1, 0.15) is 20.7 Å². The number of benzene rings is 2. The highest BCUT2D eigenvalue weighted by Crippen LogP contribution is 2.25. The Morgan fingerprint density at radius 3 is 2.35 bits per heavy atom. The lowest BCUT2D eigenvalue weighted by molar-refractivity contribution is 0.0846. The summed E-state index contributed by atoms with van der Waals surface area (Å²) in [6, 6.07) is 9.23. The van der Waals surface area contributed by atoms with E-state index in [9.17, 15) is 9.59 Å². The molecule has 0 heterocycles. The fraction of sp³-hybridized carbons (Fsp3) is 0.0667. The first-order chi connectivity index (χ1) is 10.9. The molecule has 2 N–H and O–H groups in total. The fourth-order valence-electron chi connectivity index (χ4n) is 1.73. The van der Waals surface area contributed by atoms with Gasteiger partial charge in [-0.15, -0.1) is 0 Å². The van der Waals surface area contributed by atoms with Gasteiger partial charge < -0.3 is 4.74 Å². The van der Waals surface area contributed by atoms with Crippen molar-refractivity contribution in [2.75, 3.05) is 7.11 Å². The molecule has 2 aromatic carbocycles. The lowest BCUT2D eigenvalue weighted by Gasteiger charge is -2.10. The van der Waals surface area contributed by atoms with Gasteiger partial charge in [-0.1, -0.05) is 23.2 Å². The largest absolute Gasteiger partial charge is 0.496 e. The zero-order valence-corrected chi connectivity index (χ0v) is 14.9. The Morgan fingerprint density at radius 1 is 1.04 bits per heavy atom. The molecule has 2 amide bonds. The zero-order valence-electron chi connectivity index (χ0n) is 11.8. The summed E-state index contributed by atoms with van der Waals surface area (Å²) in [5.74, 6) is -0.432. The molecule has 0 aliphatic rings. The van der Waals surface area contributed by atoms with Crippen LogP contribution in [0.4, 0.5) is 0 Å². The molecule has 0 aromatic heterocycles. The van der Waals surface area contributed by atoms with Gasteiger partial charge in [0.1, 0.15) is 5.75 Å². The predicted octanol–water partition coefficient (Wildman–Crippen LogP) is 3.84. The molecule has 0 bridgehead atoms. The minimum Gasteiger partial charge on any atom is -0.496 e. The smallest absolute Gasteiger partial charge is 0.271 e. The summed E-state index contributed by atoms with van der Waals surface area (Å²) in [7, 11) is 1.52. The third-order valence-electron chi connectivity index (χ3n) is 2.88. The number of hydrogen-bond acceptors (Lipinski definition) is 3. The van der Waals surface area contributed by atoms with Gasteiger partial charge in [0.2, 0.25) is 0 Å². The van der Waals surface area contributed by atoms with E-state index in [1.165, 1.54) is 25.3 Å². The number of rotatable bonds is 3. The summed E-state index contributed by atoms with van der Waals surface area (Å²) >= 11 is 15.0. The number of carbonyl (C=O) groups is 2. The number of nitrogens with one attached hydrogen (secondary N) is 2. The first-order valence-electron chi connectivity index (χ1n) is 6.31. The van der Waals surface area contributed by atoms with E-state index in [0.29, 0.717) is 20.8 Å².